The van der Waals surface area contributed by atoms with E-state index in [9.17, 15) is 4.79 Å². The number of fused-ring (bicyclic) bond motifs is 2. The molecule has 0 bridgehead atoms. The Hall–Kier alpha value is -2.74. The van der Waals surface area contributed by atoms with Gasteiger partial charge in [0.25, 0.3) is 0 Å². The standard InChI is InChI=1S/C18H17NO4/c1-21-14-3-2-8-18(9-6-17(20)23-18)15-5-4-13(12-19)11-16(15)22-10-7-14/h2-5,7,11H,6,8-10H2,1H3. The van der Waals surface area contributed by atoms with Crippen molar-refractivity contribution in [2.75, 3.05) is 13.7 Å². The Kier molecular flexibility index (Phi) is 4.07. The van der Waals surface area contributed by atoms with Gasteiger partial charge in [0.1, 0.15) is 23.7 Å². The molecular weight excluding hydrogens is 294 g/mol. The van der Waals surface area contributed by atoms with Gasteiger partial charge in [-0.1, -0.05) is 6.08 Å². The van der Waals surface area contributed by atoms with Crippen LogP contribution in [-0.2, 0) is 19.9 Å². The van der Waals surface area contributed by atoms with Gasteiger partial charge in [0.2, 0.25) is 0 Å². The van der Waals surface area contributed by atoms with Gasteiger partial charge in [0.15, 0.2) is 0 Å². The molecule has 5 nitrogen and oxygen atoms in total. The smallest absolute Gasteiger partial charge is 0.306 e. The van der Waals surface area contributed by atoms with Crippen LogP contribution in [0.3, 0.4) is 0 Å². The predicted octanol–water partition coefficient (Wildman–Crippen LogP) is 2.96. The summed E-state index contributed by atoms with van der Waals surface area (Å²) in [4.78, 5) is 11.7. The Labute approximate surface area is 134 Å². The Bertz CT molecular complexity index is 729. The first-order valence-corrected chi connectivity index (χ1v) is 7.47. The largest absolute Gasteiger partial charge is 0.497 e. The fraction of sp³-hybridized carbons (Fsp3) is 0.333. The summed E-state index contributed by atoms with van der Waals surface area (Å²) in [6, 6.07) is 7.34. The van der Waals surface area contributed by atoms with E-state index >= 15 is 0 Å². The van der Waals surface area contributed by atoms with Crippen molar-refractivity contribution in [2.45, 2.75) is 24.9 Å². The molecule has 118 valence electrons. The molecule has 0 amide bonds. The molecule has 2 heterocycles. The lowest BCUT2D eigenvalue weighted by Crippen LogP contribution is -2.26. The third-order valence-corrected chi connectivity index (χ3v) is 4.13. The normalized spacial score (nSPS) is 23.3. The molecule has 1 atom stereocenters. The fourth-order valence-corrected chi connectivity index (χ4v) is 2.95. The maximum atomic E-state index is 11.7. The van der Waals surface area contributed by atoms with Crippen LogP contribution in [0.25, 0.3) is 0 Å². The van der Waals surface area contributed by atoms with Crippen LogP contribution in [0, 0.1) is 11.3 Å². The second kappa shape index (κ2) is 6.17. The number of carbonyl (C=O) groups excluding carboxylic acids is 1. The number of carbonyl (C=O) groups is 1. The van der Waals surface area contributed by atoms with Gasteiger partial charge in [-0.3, -0.25) is 4.79 Å². The molecule has 1 fully saturated rings. The van der Waals surface area contributed by atoms with E-state index in [2.05, 4.69) is 6.07 Å². The minimum atomic E-state index is -0.743. The van der Waals surface area contributed by atoms with Crippen molar-refractivity contribution in [3.8, 4) is 11.8 Å². The molecule has 0 N–H and O–H groups in total. The monoisotopic (exact) mass is 311 g/mol. The van der Waals surface area contributed by atoms with E-state index in [0.29, 0.717) is 42.9 Å². The number of rotatable bonds is 1. The second-order valence-corrected chi connectivity index (χ2v) is 5.52. The van der Waals surface area contributed by atoms with Crippen LogP contribution in [0.1, 0.15) is 30.4 Å². The van der Waals surface area contributed by atoms with Crippen molar-refractivity contribution in [3.63, 3.8) is 0 Å². The topological polar surface area (TPSA) is 68.5 Å². The minimum Gasteiger partial charge on any atom is -0.497 e. The van der Waals surface area contributed by atoms with Crippen molar-refractivity contribution in [1.29, 1.82) is 5.26 Å². The highest BCUT2D eigenvalue weighted by atomic mass is 16.6. The zero-order valence-electron chi connectivity index (χ0n) is 12.9. The molecule has 1 unspecified atom stereocenters. The molecule has 2 aliphatic heterocycles. The van der Waals surface area contributed by atoms with Gasteiger partial charge >= 0.3 is 5.97 Å². The molecule has 2 aliphatic rings. The molecule has 0 aromatic heterocycles. The van der Waals surface area contributed by atoms with Crippen molar-refractivity contribution >= 4 is 5.97 Å². The Balaban J connectivity index is 2.09. The van der Waals surface area contributed by atoms with E-state index in [1.807, 2.05) is 24.3 Å². The molecule has 0 saturated carbocycles. The predicted molar refractivity (Wildman–Crippen MR) is 82.5 cm³/mol. The Morgan fingerprint density at radius 2 is 2.26 bits per heavy atom. The summed E-state index contributed by atoms with van der Waals surface area (Å²) in [6.45, 7) is 0.305. The summed E-state index contributed by atoms with van der Waals surface area (Å²) in [7, 11) is 1.59. The Morgan fingerprint density at radius 3 is 2.96 bits per heavy atom. The van der Waals surface area contributed by atoms with Crippen LogP contribution >= 0.6 is 0 Å². The van der Waals surface area contributed by atoms with Crippen LogP contribution in [0.15, 0.2) is 42.2 Å². The Morgan fingerprint density at radius 1 is 1.39 bits per heavy atom. The van der Waals surface area contributed by atoms with Gasteiger partial charge in [0.05, 0.1) is 18.7 Å². The maximum absolute atomic E-state index is 11.7. The first-order chi connectivity index (χ1) is 11.2. The third kappa shape index (κ3) is 2.93. The summed E-state index contributed by atoms with van der Waals surface area (Å²) < 4.78 is 16.8. The van der Waals surface area contributed by atoms with Gasteiger partial charge in [-0.15, -0.1) is 0 Å². The van der Waals surface area contributed by atoms with Crippen molar-refractivity contribution < 1.29 is 19.0 Å². The molecule has 5 heteroatoms. The molecular formula is C18H17NO4. The van der Waals surface area contributed by atoms with Crippen molar-refractivity contribution in [1.82, 2.24) is 0 Å². The summed E-state index contributed by atoms with van der Waals surface area (Å²) in [6.07, 6.45) is 7.11. The van der Waals surface area contributed by atoms with E-state index in [4.69, 9.17) is 19.5 Å². The summed E-state index contributed by atoms with van der Waals surface area (Å²) in [5.74, 6) is 1.04. The molecule has 3 rings (SSSR count). The highest BCUT2D eigenvalue weighted by molar-refractivity contribution is 5.73. The number of methoxy groups -OCH3 is 1. The average Bonchev–Trinajstić information content (AvgIpc) is 2.95. The SMILES string of the molecule is COC1=CCOc2cc(C#N)ccc2C2(CC=C1)CCC(=O)O2. The lowest BCUT2D eigenvalue weighted by molar-refractivity contribution is -0.149. The number of hydrogen-bond donors (Lipinski definition) is 0. The number of allylic oxidation sites excluding steroid dienone is 1. The van der Waals surface area contributed by atoms with Crippen LogP contribution in [0.5, 0.6) is 5.75 Å². The number of esters is 1. The van der Waals surface area contributed by atoms with Crippen LogP contribution in [0.2, 0.25) is 0 Å². The molecule has 1 aromatic rings. The lowest BCUT2D eigenvalue weighted by Gasteiger charge is -2.29. The third-order valence-electron chi connectivity index (χ3n) is 4.13. The van der Waals surface area contributed by atoms with Crippen LogP contribution in [0.4, 0.5) is 0 Å². The first kappa shape index (κ1) is 15.2. The number of benzene rings is 1. The minimum absolute atomic E-state index is 0.215. The summed E-state index contributed by atoms with van der Waals surface area (Å²) in [5.41, 5.74) is 0.570. The van der Waals surface area contributed by atoms with Crippen LogP contribution < -0.4 is 4.74 Å². The lowest BCUT2D eigenvalue weighted by atomic mass is 9.86. The average molecular weight is 311 g/mol. The number of hydrogen-bond acceptors (Lipinski definition) is 5. The maximum Gasteiger partial charge on any atom is 0.306 e. The van der Waals surface area contributed by atoms with E-state index in [1.165, 1.54) is 0 Å². The van der Waals surface area contributed by atoms with Crippen molar-refractivity contribution in [3.05, 3.63) is 53.3 Å². The van der Waals surface area contributed by atoms with E-state index in [1.54, 1.807) is 19.2 Å². The molecule has 1 spiro atoms. The second-order valence-electron chi connectivity index (χ2n) is 5.52. The van der Waals surface area contributed by atoms with E-state index < -0.39 is 5.60 Å². The highest BCUT2D eigenvalue weighted by Gasteiger charge is 2.43. The van der Waals surface area contributed by atoms with E-state index in [-0.39, 0.29) is 5.97 Å². The number of ether oxygens (including phenoxy) is 3. The van der Waals surface area contributed by atoms with Gasteiger partial charge in [-0.05, 0) is 30.4 Å². The van der Waals surface area contributed by atoms with Gasteiger partial charge in [-0.25, -0.2) is 0 Å². The molecule has 0 aliphatic carbocycles. The molecule has 0 radical (unpaired) electrons. The van der Waals surface area contributed by atoms with Gasteiger partial charge in [-0.2, -0.15) is 5.26 Å². The molecule has 1 saturated heterocycles. The molecule has 1 aromatic carbocycles. The quantitative estimate of drug-likeness (QED) is 0.746. The summed E-state index contributed by atoms with van der Waals surface area (Å²) >= 11 is 0. The zero-order valence-corrected chi connectivity index (χ0v) is 12.9. The van der Waals surface area contributed by atoms with Gasteiger partial charge in [0, 0.05) is 24.8 Å². The highest BCUT2D eigenvalue weighted by Crippen LogP contribution is 2.44. The van der Waals surface area contributed by atoms with E-state index in [0.717, 1.165) is 5.56 Å². The molecule has 23 heavy (non-hydrogen) atoms. The number of nitriles is 1. The van der Waals surface area contributed by atoms with Crippen LogP contribution in [-0.4, -0.2) is 19.7 Å². The van der Waals surface area contributed by atoms with Crippen molar-refractivity contribution in [2.24, 2.45) is 0 Å². The first-order valence-electron chi connectivity index (χ1n) is 7.47. The number of nitrogens with zero attached hydrogens (tertiary/aromatic N) is 1. The zero-order chi connectivity index (χ0) is 16.3. The van der Waals surface area contributed by atoms with Gasteiger partial charge < -0.3 is 14.2 Å². The fourth-order valence-electron chi connectivity index (χ4n) is 2.95. The summed E-state index contributed by atoms with van der Waals surface area (Å²) in [5, 5.41) is 9.11.